The number of aromatic nitrogens is 1. The van der Waals surface area contributed by atoms with Crippen molar-refractivity contribution in [1.82, 2.24) is 10.3 Å². The van der Waals surface area contributed by atoms with E-state index in [9.17, 15) is 0 Å². The number of ether oxygens (including phenoxy) is 1. The Labute approximate surface area is 75.8 Å². The van der Waals surface area contributed by atoms with Gasteiger partial charge in [-0.3, -0.25) is 4.98 Å². The van der Waals surface area contributed by atoms with Crippen molar-refractivity contribution in [3.8, 4) is 0 Å². The lowest BCUT2D eigenvalue weighted by Crippen LogP contribution is -2.61. The Morgan fingerprint density at radius 3 is 3.00 bits per heavy atom. The van der Waals surface area contributed by atoms with Crippen molar-refractivity contribution in [2.45, 2.75) is 12.0 Å². The minimum Gasteiger partial charge on any atom is -0.375 e. The number of rotatable bonds is 3. The van der Waals surface area contributed by atoms with E-state index in [0.717, 1.165) is 19.5 Å². The predicted molar refractivity (Wildman–Crippen MR) is 48.4 cm³/mol. The topological polar surface area (TPSA) is 34.1 Å². The van der Waals surface area contributed by atoms with Crippen molar-refractivity contribution < 1.29 is 4.74 Å². The minimum atomic E-state index is 0.0481. The molecule has 4 heteroatoms. The second kappa shape index (κ2) is 3.12. The Hall–Kier alpha value is -0.450. The molecule has 1 aliphatic heterocycles. The van der Waals surface area contributed by atoms with Gasteiger partial charge in [-0.05, 0) is 0 Å². The molecule has 0 amide bonds. The van der Waals surface area contributed by atoms with Gasteiger partial charge in [-0.15, -0.1) is 11.3 Å². The molecule has 0 saturated carbocycles. The third kappa shape index (κ3) is 1.37. The summed E-state index contributed by atoms with van der Waals surface area (Å²) in [4.78, 5) is 5.35. The van der Waals surface area contributed by atoms with Crippen molar-refractivity contribution >= 4 is 11.3 Å². The van der Waals surface area contributed by atoms with E-state index < -0.39 is 0 Å². The smallest absolute Gasteiger partial charge is 0.0974 e. The average Bonchev–Trinajstić information content (AvgIpc) is 2.49. The molecule has 0 aromatic carbocycles. The molecule has 1 fully saturated rings. The Kier molecular flexibility index (Phi) is 2.12. The van der Waals surface area contributed by atoms with Crippen LogP contribution in [-0.4, -0.2) is 30.8 Å². The molecule has 1 aromatic rings. The standard InChI is InChI=1S/C8H12N2OS/c1-11-8(4-10-5-8)2-7-3-9-6-12-7/h3,6,10H,2,4-5H2,1H3. The summed E-state index contributed by atoms with van der Waals surface area (Å²) in [6.07, 6.45) is 2.91. The van der Waals surface area contributed by atoms with Crippen molar-refractivity contribution in [3.05, 3.63) is 16.6 Å². The fourth-order valence-corrected chi connectivity index (χ4v) is 2.12. The van der Waals surface area contributed by atoms with Crippen LogP contribution in [0.4, 0.5) is 0 Å². The largest absolute Gasteiger partial charge is 0.375 e. The van der Waals surface area contributed by atoms with Gasteiger partial charge in [0.25, 0.3) is 0 Å². The number of nitrogens with one attached hydrogen (secondary N) is 1. The fourth-order valence-electron chi connectivity index (χ4n) is 1.39. The van der Waals surface area contributed by atoms with E-state index in [1.807, 2.05) is 11.7 Å². The van der Waals surface area contributed by atoms with E-state index in [-0.39, 0.29) is 5.60 Å². The maximum Gasteiger partial charge on any atom is 0.0974 e. The van der Waals surface area contributed by atoms with Crippen LogP contribution in [0, 0.1) is 0 Å². The summed E-state index contributed by atoms with van der Waals surface area (Å²) in [6, 6.07) is 0. The van der Waals surface area contributed by atoms with Crippen LogP contribution in [0.1, 0.15) is 4.88 Å². The molecule has 12 heavy (non-hydrogen) atoms. The monoisotopic (exact) mass is 184 g/mol. The molecule has 0 atom stereocenters. The molecule has 2 rings (SSSR count). The third-order valence-corrected chi connectivity index (χ3v) is 3.09. The first-order valence-corrected chi connectivity index (χ1v) is 4.86. The molecule has 0 aliphatic carbocycles. The van der Waals surface area contributed by atoms with Gasteiger partial charge >= 0.3 is 0 Å². The Balaban J connectivity index is 2.01. The average molecular weight is 184 g/mol. The SMILES string of the molecule is COC1(Cc2cncs2)CNC1. The summed E-state index contributed by atoms with van der Waals surface area (Å²) in [5.74, 6) is 0. The van der Waals surface area contributed by atoms with Crippen LogP contribution in [0.2, 0.25) is 0 Å². The van der Waals surface area contributed by atoms with Gasteiger partial charge in [0.1, 0.15) is 0 Å². The van der Waals surface area contributed by atoms with Gasteiger partial charge in [0.15, 0.2) is 0 Å². The quantitative estimate of drug-likeness (QED) is 0.750. The zero-order valence-electron chi connectivity index (χ0n) is 7.04. The Morgan fingerprint density at radius 2 is 2.58 bits per heavy atom. The van der Waals surface area contributed by atoms with E-state index in [1.54, 1.807) is 18.4 Å². The molecule has 1 aromatic heterocycles. The molecule has 0 spiro atoms. The highest BCUT2D eigenvalue weighted by molar-refractivity contribution is 7.09. The molecule has 3 nitrogen and oxygen atoms in total. The molecule has 1 N–H and O–H groups in total. The van der Waals surface area contributed by atoms with Gasteiger partial charge in [-0.2, -0.15) is 0 Å². The highest BCUT2D eigenvalue weighted by atomic mass is 32.1. The third-order valence-electron chi connectivity index (χ3n) is 2.31. The molecule has 0 unspecified atom stereocenters. The number of methoxy groups -OCH3 is 1. The van der Waals surface area contributed by atoms with E-state index in [4.69, 9.17) is 4.74 Å². The van der Waals surface area contributed by atoms with Crippen molar-refractivity contribution in [3.63, 3.8) is 0 Å². The lowest BCUT2D eigenvalue weighted by Gasteiger charge is -2.41. The summed E-state index contributed by atoms with van der Waals surface area (Å²) in [7, 11) is 1.78. The minimum absolute atomic E-state index is 0.0481. The van der Waals surface area contributed by atoms with Gasteiger partial charge in [0.05, 0.1) is 11.1 Å². The second-order valence-corrected chi connectivity index (χ2v) is 4.11. The first-order chi connectivity index (χ1) is 5.85. The lowest BCUT2D eigenvalue weighted by atomic mass is 9.92. The zero-order chi connectivity index (χ0) is 8.44. The van der Waals surface area contributed by atoms with Crippen molar-refractivity contribution in [2.75, 3.05) is 20.2 Å². The first kappa shape index (κ1) is 8.16. The molecule has 0 radical (unpaired) electrons. The normalized spacial score (nSPS) is 20.4. The molecule has 1 aliphatic rings. The maximum absolute atomic E-state index is 5.46. The summed E-state index contributed by atoms with van der Waals surface area (Å²) in [5.41, 5.74) is 1.91. The second-order valence-electron chi connectivity index (χ2n) is 3.14. The zero-order valence-corrected chi connectivity index (χ0v) is 7.86. The van der Waals surface area contributed by atoms with Crippen molar-refractivity contribution in [2.24, 2.45) is 0 Å². The van der Waals surface area contributed by atoms with Crippen LogP contribution in [0.5, 0.6) is 0 Å². The molecule has 66 valence electrons. The van der Waals surface area contributed by atoms with E-state index >= 15 is 0 Å². The van der Waals surface area contributed by atoms with Gasteiger partial charge in [0, 0.05) is 37.7 Å². The van der Waals surface area contributed by atoms with Crippen LogP contribution < -0.4 is 5.32 Å². The van der Waals surface area contributed by atoms with Gasteiger partial charge in [0.2, 0.25) is 0 Å². The molecule has 1 saturated heterocycles. The summed E-state index contributed by atoms with van der Waals surface area (Å²) in [6.45, 7) is 1.92. The fraction of sp³-hybridized carbons (Fsp3) is 0.625. The number of hydrogen-bond acceptors (Lipinski definition) is 4. The van der Waals surface area contributed by atoms with Crippen LogP contribution in [-0.2, 0) is 11.2 Å². The molecule has 0 bridgehead atoms. The summed E-state index contributed by atoms with van der Waals surface area (Å²) in [5, 5.41) is 3.22. The Morgan fingerprint density at radius 1 is 1.75 bits per heavy atom. The van der Waals surface area contributed by atoms with Gasteiger partial charge in [-0.1, -0.05) is 0 Å². The highest BCUT2D eigenvalue weighted by Gasteiger charge is 2.37. The van der Waals surface area contributed by atoms with Crippen LogP contribution in [0.3, 0.4) is 0 Å². The first-order valence-electron chi connectivity index (χ1n) is 3.98. The van der Waals surface area contributed by atoms with E-state index in [1.165, 1.54) is 4.88 Å². The van der Waals surface area contributed by atoms with E-state index in [2.05, 4.69) is 10.3 Å². The van der Waals surface area contributed by atoms with Crippen LogP contribution in [0.25, 0.3) is 0 Å². The van der Waals surface area contributed by atoms with Crippen molar-refractivity contribution in [1.29, 1.82) is 0 Å². The Bertz CT molecular complexity index is 238. The van der Waals surface area contributed by atoms with Crippen LogP contribution >= 0.6 is 11.3 Å². The highest BCUT2D eigenvalue weighted by Crippen LogP contribution is 2.23. The number of hydrogen-bond donors (Lipinski definition) is 1. The summed E-state index contributed by atoms with van der Waals surface area (Å²) >= 11 is 1.70. The molecular weight excluding hydrogens is 172 g/mol. The number of thiazole rings is 1. The van der Waals surface area contributed by atoms with Gasteiger partial charge in [-0.25, -0.2) is 0 Å². The number of nitrogens with zero attached hydrogens (tertiary/aromatic N) is 1. The van der Waals surface area contributed by atoms with Crippen LogP contribution in [0.15, 0.2) is 11.7 Å². The maximum atomic E-state index is 5.46. The molecule has 2 heterocycles. The molecular formula is C8H12N2OS. The summed E-state index contributed by atoms with van der Waals surface area (Å²) < 4.78 is 5.46. The van der Waals surface area contributed by atoms with Gasteiger partial charge < -0.3 is 10.1 Å². The lowest BCUT2D eigenvalue weighted by molar-refractivity contribution is -0.0496. The predicted octanol–water partition coefficient (Wildman–Crippen LogP) is 0.674. The van der Waals surface area contributed by atoms with E-state index in [0.29, 0.717) is 0 Å².